The highest BCUT2D eigenvalue weighted by molar-refractivity contribution is 6.74. The van der Waals surface area contributed by atoms with E-state index in [4.69, 9.17) is 4.43 Å². The molecule has 0 amide bonds. The summed E-state index contributed by atoms with van der Waals surface area (Å²) in [5, 5.41) is -0.00335. The van der Waals surface area contributed by atoms with Gasteiger partial charge < -0.3 is 4.43 Å². The van der Waals surface area contributed by atoms with Gasteiger partial charge in [-0.05, 0) is 30.3 Å². The standard InChI is InChI=1S/C13H19FO2Si/c1-13(2,3)17(4,5)16-11-8-6-7-10(9-15)12(11)14/h6-9H,1-5H3. The second kappa shape index (κ2) is 4.60. The maximum absolute atomic E-state index is 13.9. The molecule has 0 atom stereocenters. The van der Waals surface area contributed by atoms with Crippen molar-refractivity contribution in [1.29, 1.82) is 0 Å². The molecule has 1 aromatic rings. The fourth-order valence-corrected chi connectivity index (χ4v) is 2.14. The molecular formula is C13H19FO2Si. The van der Waals surface area contributed by atoms with E-state index in [1.54, 1.807) is 12.1 Å². The van der Waals surface area contributed by atoms with Crippen molar-refractivity contribution in [3.05, 3.63) is 29.6 Å². The first-order valence-electron chi connectivity index (χ1n) is 5.62. The van der Waals surface area contributed by atoms with Crippen molar-refractivity contribution < 1.29 is 13.6 Å². The quantitative estimate of drug-likeness (QED) is 0.601. The Morgan fingerprint density at radius 3 is 2.35 bits per heavy atom. The highest BCUT2D eigenvalue weighted by atomic mass is 28.4. The lowest BCUT2D eigenvalue weighted by Gasteiger charge is -2.36. The molecule has 0 aliphatic heterocycles. The smallest absolute Gasteiger partial charge is 0.250 e. The van der Waals surface area contributed by atoms with Crippen molar-refractivity contribution in [1.82, 2.24) is 0 Å². The van der Waals surface area contributed by atoms with E-state index in [1.807, 2.05) is 13.1 Å². The molecule has 0 heterocycles. The topological polar surface area (TPSA) is 26.3 Å². The minimum atomic E-state index is -2.07. The van der Waals surface area contributed by atoms with E-state index in [-0.39, 0.29) is 16.4 Å². The van der Waals surface area contributed by atoms with Crippen molar-refractivity contribution >= 4 is 14.6 Å². The molecule has 0 bridgehead atoms. The van der Waals surface area contributed by atoms with Crippen molar-refractivity contribution in [2.24, 2.45) is 0 Å². The summed E-state index contributed by atoms with van der Waals surface area (Å²) >= 11 is 0. The Labute approximate surface area is 103 Å². The summed E-state index contributed by atoms with van der Waals surface area (Å²) in [6, 6.07) is 4.65. The van der Waals surface area contributed by atoms with Crippen LogP contribution in [0.4, 0.5) is 4.39 Å². The molecule has 0 saturated carbocycles. The maximum Gasteiger partial charge on any atom is 0.250 e. The molecule has 4 heteroatoms. The van der Waals surface area contributed by atoms with Crippen molar-refractivity contribution in [2.45, 2.75) is 38.9 Å². The molecule has 1 rings (SSSR count). The molecule has 0 spiro atoms. The normalized spacial score (nSPS) is 12.4. The minimum Gasteiger partial charge on any atom is -0.542 e. The van der Waals surface area contributed by atoms with Crippen LogP contribution in [0.15, 0.2) is 18.2 Å². The third kappa shape index (κ3) is 2.94. The molecule has 0 fully saturated rings. The van der Waals surface area contributed by atoms with Crippen molar-refractivity contribution in [3.63, 3.8) is 0 Å². The van der Waals surface area contributed by atoms with Crippen LogP contribution >= 0.6 is 0 Å². The number of hydrogen-bond donors (Lipinski definition) is 0. The summed E-state index contributed by atoms with van der Waals surface area (Å²) in [7, 11) is -2.07. The Morgan fingerprint density at radius 2 is 1.88 bits per heavy atom. The summed E-state index contributed by atoms with van der Waals surface area (Å²) in [6.07, 6.45) is 0.508. The van der Waals surface area contributed by atoms with Crippen molar-refractivity contribution in [2.75, 3.05) is 0 Å². The Hall–Kier alpha value is -1.16. The van der Waals surface area contributed by atoms with E-state index in [0.717, 1.165) is 0 Å². The summed E-state index contributed by atoms with van der Waals surface area (Å²) in [5.41, 5.74) is 0.0428. The predicted octanol–water partition coefficient (Wildman–Crippen LogP) is 4.02. The highest BCUT2D eigenvalue weighted by Gasteiger charge is 2.39. The van der Waals surface area contributed by atoms with Gasteiger partial charge in [-0.3, -0.25) is 4.79 Å². The van der Waals surface area contributed by atoms with Gasteiger partial charge in [0.15, 0.2) is 12.1 Å². The van der Waals surface area contributed by atoms with E-state index in [1.165, 1.54) is 6.07 Å². The number of aldehydes is 1. The lowest BCUT2D eigenvalue weighted by Crippen LogP contribution is -2.44. The van der Waals surface area contributed by atoms with Gasteiger partial charge in [0.2, 0.25) is 0 Å². The second-order valence-corrected chi connectivity index (χ2v) is 10.4. The van der Waals surface area contributed by atoms with Gasteiger partial charge in [0.05, 0.1) is 5.56 Å². The molecule has 0 aromatic heterocycles. The fourth-order valence-electron chi connectivity index (χ4n) is 1.13. The van der Waals surface area contributed by atoms with Crippen LogP contribution in [0.1, 0.15) is 31.1 Å². The summed E-state index contributed by atoms with van der Waals surface area (Å²) in [4.78, 5) is 10.7. The van der Waals surface area contributed by atoms with Crippen LogP contribution in [0.25, 0.3) is 0 Å². The van der Waals surface area contributed by atoms with Crippen LogP contribution in [-0.4, -0.2) is 14.6 Å². The number of hydrogen-bond acceptors (Lipinski definition) is 2. The van der Waals surface area contributed by atoms with Crippen LogP contribution in [0.5, 0.6) is 5.75 Å². The Kier molecular flexibility index (Phi) is 3.77. The molecule has 0 N–H and O–H groups in total. The van der Waals surface area contributed by atoms with Gasteiger partial charge in [-0.25, -0.2) is 4.39 Å². The average molecular weight is 254 g/mol. The summed E-state index contributed by atoms with van der Waals surface area (Å²) in [6.45, 7) is 10.3. The monoisotopic (exact) mass is 254 g/mol. The third-order valence-corrected chi connectivity index (χ3v) is 7.63. The number of carbonyl (C=O) groups is 1. The molecule has 94 valence electrons. The van der Waals surface area contributed by atoms with Crippen LogP contribution in [0.2, 0.25) is 18.1 Å². The molecule has 0 saturated heterocycles. The van der Waals surface area contributed by atoms with Crippen LogP contribution in [0, 0.1) is 5.82 Å². The van der Waals surface area contributed by atoms with Gasteiger partial charge in [-0.15, -0.1) is 0 Å². The van der Waals surface area contributed by atoms with Gasteiger partial charge >= 0.3 is 0 Å². The molecule has 0 unspecified atom stereocenters. The van der Waals surface area contributed by atoms with Gasteiger partial charge in [-0.1, -0.05) is 26.8 Å². The minimum absolute atomic E-state index is 0.00335. The highest BCUT2D eigenvalue weighted by Crippen LogP contribution is 2.38. The van der Waals surface area contributed by atoms with E-state index in [9.17, 15) is 9.18 Å². The van der Waals surface area contributed by atoms with Crippen molar-refractivity contribution in [3.8, 4) is 5.75 Å². The lowest BCUT2D eigenvalue weighted by molar-refractivity contribution is 0.111. The number of benzene rings is 1. The molecular weight excluding hydrogens is 235 g/mol. The fraction of sp³-hybridized carbons (Fsp3) is 0.462. The first-order valence-corrected chi connectivity index (χ1v) is 8.52. The van der Waals surface area contributed by atoms with Gasteiger partial charge in [0.1, 0.15) is 5.75 Å². The van der Waals surface area contributed by atoms with Crippen LogP contribution in [0.3, 0.4) is 0 Å². The number of carbonyl (C=O) groups excluding carboxylic acids is 1. The third-order valence-electron chi connectivity index (χ3n) is 3.29. The van der Waals surface area contributed by atoms with E-state index < -0.39 is 14.1 Å². The Balaban J connectivity index is 3.08. The van der Waals surface area contributed by atoms with Crippen LogP contribution in [-0.2, 0) is 0 Å². The first-order chi connectivity index (χ1) is 7.69. The predicted molar refractivity (Wildman–Crippen MR) is 69.6 cm³/mol. The zero-order chi connectivity index (χ0) is 13.3. The maximum atomic E-state index is 13.9. The molecule has 17 heavy (non-hydrogen) atoms. The first kappa shape index (κ1) is 13.9. The SMILES string of the molecule is CC(C)(C)[Si](C)(C)Oc1cccc(C=O)c1F. The molecule has 1 aromatic carbocycles. The average Bonchev–Trinajstić information content (AvgIpc) is 2.19. The summed E-state index contributed by atoms with van der Waals surface area (Å²) in [5.74, 6) is -0.381. The largest absolute Gasteiger partial charge is 0.542 e. The zero-order valence-electron chi connectivity index (χ0n) is 11.0. The second-order valence-electron chi connectivity index (χ2n) is 5.64. The summed E-state index contributed by atoms with van der Waals surface area (Å²) < 4.78 is 19.7. The molecule has 0 aliphatic rings. The molecule has 0 radical (unpaired) electrons. The van der Waals surface area contributed by atoms with E-state index >= 15 is 0 Å². The van der Waals surface area contributed by atoms with Crippen LogP contribution < -0.4 is 4.43 Å². The zero-order valence-corrected chi connectivity index (χ0v) is 12.0. The molecule has 0 aliphatic carbocycles. The lowest BCUT2D eigenvalue weighted by atomic mass is 10.2. The van der Waals surface area contributed by atoms with Gasteiger partial charge in [-0.2, -0.15) is 0 Å². The molecule has 2 nitrogen and oxygen atoms in total. The van der Waals surface area contributed by atoms with Gasteiger partial charge in [0, 0.05) is 0 Å². The number of halogens is 1. The van der Waals surface area contributed by atoms with Gasteiger partial charge in [0.25, 0.3) is 8.32 Å². The van der Waals surface area contributed by atoms with E-state index in [2.05, 4.69) is 20.8 Å². The number of rotatable bonds is 3. The Morgan fingerprint density at radius 1 is 1.29 bits per heavy atom. The Bertz CT molecular complexity index is 422. The van der Waals surface area contributed by atoms with E-state index in [0.29, 0.717) is 6.29 Å².